The van der Waals surface area contributed by atoms with E-state index in [0.717, 1.165) is 48.1 Å². The van der Waals surface area contributed by atoms with E-state index < -0.39 is 0 Å². The van der Waals surface area contributed by atoms with Crippen LogP contribution in [0.3, 0.4) is 0 Å². The van der Waals surface area contributed by atoms with Crippen LogP contribution in [-0.4, -0.2) is 28.9 Å². The predicted octanol–water partition coefficient (Wildman–Crippen LogP) is 2.71. The monoisotopic (exact) mass is 228 g/mol. The van der Waals surface area contributed by atoms with Gasteiger partial charge in [0.1, 0.15) is 5.69 Å². The van der Waals surface area contributed by atoms with E-state index in [2.05, 4.69) is 11.1 Å². The summed E-state index contributed by atoms with van der Waals surface area (Å²) in [6, 6.07) is 8.07. The Morgan fingerprint density at radius 2 is 1.94 bits per heavy atom. The van der Waals surface area contributed by atoms with Gasteiger partial charge in [0, 0.05) is 24.0 Å². The number of aromatic amines is 1. The molecule has 0 atom stereocenters. The van der Waals surface area contributed by atoms with Crippen molar-refractivity contribution in [2.75, 3.05) is 13.1 Å². The topological polar surface area (TPSA) is 36.1 Å². The van der Waals surface area contributed by atoms with Gasteiger partial charge in [0.05, 0.1) is 0 Å². The highest BCUT2D eigenvalue weighted by molar-refractivity contribution is 6.00. The van der Waals surface area contributed by atoms with Gasteiger partial charge in [0.15, 0.2) is 0 Å². The maximum atomic E-state index is 12.3. The van der Waals surface area contributed by atoms with Gasteiger partial charge in [-0.1, -0.05) is 18.2 Å². The van der Waals surface area contributed by atoms with Crippen LogP contribution in [0.5, 0.6) is 0 Å². The number of carbonyl (C=O) groups is 1. The molecule has 3 nitrogen and oxygen atoms in total. The molecule has 1 saturated heterocycles. The summed E-state index contributed by atoms with van der Waals surface area (Å²) in [7, 11) is 0. The second-order valence-electron chi connectivity index (χ2n) is 4.67. The van der Waals surface area contributed by atoms with Crippen molar-refractivity contribution in [1.29, 1.82) is 0 Å². The lowest BCUT2D eigenvalue weighted by molar-refractivity contribution is 0.0787. The van der Waals surface area contributed by atoms with E-state index in [1.165, 1.54) is 0 Å². The normalized spacial score (nSPS) is 15.7. The Balaban J connectivity index is 2.05. The number of likely N-dealkylation sites (tertiary alicyclic amines) is 1. The van der Waals surface area contributed by atoms with Gasteiger partial charge in [0.25, 0.3) is 5.91 Å². The zero-order chi connectivity index (χ0) is 11.8. The first-order chi connectivity index (χ1) is 8.27. The van der Waals surface area contributed by atoms with E-state index in [-0.39, 0.29) is 5.91 Å². The first-order valence-corrected chi connectivity index (χ1v) is 6.14. The molecule has 0 saturated carbocycles. The molecule has 0 spiro atoms. The quantitative estimate of drug-likeness (QED) is 0.800. The number of carbonyl (C=O) groups excluding carboxylic acids is 1. The SMILES string of the molecule is Cc1c(C(=O)N2CCCC2)[nH]c2ccccc12. The van der Waals surface area contributed by atoms with E-state index >= 15 is 0 Å². The highest BCUT2D eigenvalue weighted by atomic mass is 16.2. The van der Waals surface area contributed by atoms with Crippen LogP contribution in [0, 0.1) is 6.92 Å². The van der Waals surface area contributed by atoms with Crippen LogP contribution in [0.25, 0.3) is 10.9 Å². The van der Waals surface area contributed by atoms with Crippen molar-refractivity contribution in [3.05, 3.63) is 35.5 Å². The van der Waals surface area contributed by atoms with Gasteiger partial charge in [0.2, 0.25) is 0 Å². The molecule has 1 aromatic carbocycles. The standard InChI is InChI=1S/C14H16N2O/c1-10-11-6-2-3-7-12(11)15-13(10)14(17)16-8-4-5-9-16/h2-3,6-7,15H,4-5,8-9H2,1H3. The summed E-state index contributed by atoms with van der Waals surface area (Å²) >= 11 is 0. The fourth-order valence-corrected chi connectivity index (χ4v) is 2.57. The van der Waals surface area contributed by atoms with Gasteiger partial charge in [-0.25, -0.2) is 0 Å². The highest BCUT2D eigenvalue weighted by Crippen LogP contribution is 2.23. The maximum Gasteiger partial charge on any atom is 0.270 e. The van der Waals surface area contributed by atoms with E-state index in [4.69, 9.17) is 0 Å². The molecule has 1 aliphatic rings. The number of H-pyrrole nitrogens is 1. The molecule has 1 fully saturated rings. The van der Waals surface area contributed by atoms with Crippen molar-refractivity contribution >= 4 is 16.8 Å². The smallest absolute Gasteiger partial charge is 0.270 e. The molecule has 1 aliphatic heterocycles. The number of nitrogens with zero attached hydrogens (tertiary/aromatic N) is 1. The van der Waals surface area contributed by atoms with Crippen molar-refractivity contribution in [1.82, 2.24) is 9.88 Å². The molecule has 88 valence electrons. The summed E-state index contributed by atoms with van der Waals surface area (Å²) in [6.45, 7) is 3.81. The fraction of sp³-hybridized carbons (Fsp3) is 0.357. The number of hydrogen-bond donors (Lipinski definition) is 1. The fourth-order valence-electron chi connectivity index (χ4n) is 2.57. The van der Waals surface area contributed by atoms with Crippen LogP contribution in [0.1, 0.15) is 28.9 Å². The number of rotatable bonds is 1. The predicted molar refractivity (Wildman–Crippen MR) is 68.2 cm³/mol. The van der Waals surface area contributed by atoms with Crippen molar-refractivity contribution in [3.63, 3.8) is 0 Å². The zero-order valence-corrected chi connectivity index (χ0v) is 9.99. The average molecular weight is 228 g/mol. The number of para-hydroxylation sites is 1. The first-order valence-electron chi connectivity index (χ1n) is 6.14. The van der Waals surface area contributed by atoms with Gasteiger partial charge in [-0.15, -0.1) is 0 Å². The number of benzene rings is 1. The van der Waals surface area contributed by atoms with Crippen LogP contribution < -0.4 is 0 Å². The Hall–Kier alpha value is -1.77. The number of amides is 1. The Morgan fingerprint density at radius 3 is 2.65 bits per heavy atom. The largest absolute Gasteiger partial charge is 0.350 e. The molecule has 0 bridgehead atoms. The van der Waals surface area contributed by atoms with E-state index in [1.807, 2.05) is 30.0 Å². The summed E-state index contributed by atoms with van der Waals surface area (Å²) < 4.78 is 0. The number of aryl methyl sites for hydroxylation is 1. The van der Waals surface area contributed by atoms with E-state index in [0.29, 0.717) is 0 Å². The molecule has 0 unspecified atom stereocenters. The van der Waals surface area contributed by atoms with Gasteiger partial charge in [-0.05, 0) is 31.4 Å². The summed E-state index contributed by atoms with van der Waals surface area (Å²) in [5, 5.41) is 1.15. The molecule has 3 rings (SSSR count). The third-order valence-corrected chi connectivity index (χ3v) is 3.57. The van der Waals surface area contributed by atoms with Gasteiger partial charge in [-0.2, -0.15) is 0 Å². The molecule has 17 heavy (non-hydrogen) atoms. The lowest BCUT2D eigenvalue weighted by Gasteiger charge is -2.14. The lowest BCUT2D eigenvalue weighted by Crippen LogP contribution is -2.28. The Bertz CT molecular complexity index is 565. The van der Waals surface area contributed by atoms with Crippen LogP contribution in [0.2, 0.25) is 0 Å². The molecular formula is C14H16N2O. The Labute approximate surface area is 100 Å². The Morgan fingerprint density at radius 1 is 1.24 bits per heavy atom. The number of aromatic nitrogens is 1. The molecule has 2 heterocycles. The first kappa shape index (κ1) is 10.4. The van der Waals surface area contributed by atoms with Crippen molar-refractivity contribution in [2.45, 2.75) is 19.8 Å². The summed E-state index contributed by atoms with van der Waals surface area (Å²) in [5.74, 6) is 0.149. The summed E-state index contributed by atoms with van der Waals surface area (Å²) in [5.41, 5.74) is 2.87. The summed E-state index contributed by atoms with van der Waals surface area (Å²) in [6.07, 6.45) is 2.26. The van der Waals surface area contributed by atoms with Crippen LogP contribution in [0.4, 0.5) is 0 Å². The van der Waals surface area contributed by atoms with Crippen LogP contribution >= 0.6 is 0 Å². The molecule has 1 N–H and O–H groups in total. The van der Waals surface area contributed by atoms with Gasteiger partial charge >= 0.3 is 0 Å². The molecule has 2 aromatic rings. The average Bonchev–Trinajstić information content (AvgIpc) is 2.97. The number of fused-ring (bicyclic) bond motifs is 1. The minimum atomic E-state index is 0.149. The minimum Gasteiger partial charge on any atom is -0.350 e. The van der Waals surface area contributed by atoms with Crippen molar-refractivity contribution in [3.8, 4) is 0 Å². The third-order valence-electron chi connectivity index (χ3n) is 3.57. The number of hydrogen-bond acceptors (Lipinski definition) is 1. The molecule has 0 radical (unpaired) electrons. The van der Waals surface area contributed by atoms with Gasteiger partial charge in [-0.3, -0.25) is 4.79 Å². The molecule has 1 amide bonds. The van der Waals surface area contributed by atoms with Crippen molar-refractivity contribution < 1.29 is 4.79 Å². The third kappa shape index (κ3) is 1.62. The molecule has 3 heteroatoms. The summed E-state index contributed by atoms with van der Waals surface area (Å²) in [4.78, 5) is 17.5. The van der Waals surface area contributed by atoms with Crippen LogP contribution in [0.15, 0.2) is 24.3 Å². The maximum absolute atomic E-state index is 12.3. The number of nitrogens with one attached hydrogen (secondary N) is 1. The lowest BCUT2D eigenvalue weighted by atomic mass is 10.1. The minimum absolute atomic E-state index is 0.149. The second-order valence-corrected chi connectivity index (χ2v) is 4.67. The zero-order valence-electron chi connectivity index (χ0n) is 9.99. The Kier molecular flexibility index (Phi) is 2.39. The molecular weight excluding hydrogens is 212 g/mol. The molecule has 1 aromatic heterocycles. The highest BCUT2D eigenvalue weighted by Gasteiger charge is 2.22. The van der Waals surface area contributed by atoms with E-state index in [1.54, 1.807) is 0 Å². The van der Waals surface area contributed by atoms with Crippen LogP contribution in [-0.2, 0) is 0 Å². The second kappa shape index (κ2) is 3.91. The molecule has 0 aliphatic carbocycles. The van der Waals surface area contributed by atoms with Crippen molar-refractivity contribution in [2.24, 2.45) is 0 Å². The van der Waals surface area contributed by atoms with E-state index in [9.17, 15) is 4.79 Å². The van der Waals surface area contributed by atoms with Gasteiger partial charge < -0.3 is 9.88 Å².